The fourth-order valence-electron chi connectivity index (χ4n) is 1.60. The molecule has 0 aromatic carbocycles. The lowest BCUT2D eigenvalue weighted by atomic mass is 10.1. The lowest BCUT2D eigenvalue weighted by Crippen LogP contribution is -2.09. The molecule has 1 atom stereocenters. The van der Waals surface area contributed by atoms with Gasteiger partial charge in [-0.25, -0.2) is 4.98 Å². The zero-order valence-electron chi connectivity index (χ0n) is 8.45. The van der Waals surface area contributed by atoms with Crippen LogP contribution < -0.4 is 5.32 Å². The average Bonchev–Trinajstić information content (AvgIpc) is 2.85. The molecule has 1 unspecified atom stereocenters. The van der Waals surface area contributed by atoms with Crippen LogP contribution in [-0.4, -0.2) is 30.1 Å². The number of hydrogen-bond donors (Lipinski definition) is 1. The fourth-order valence-corrected chi connectivity index (χ4v) is 2.82. The number of aromatic nitrogens is 1. The van der Waals surface area contributed by atoms with Crippen molar-refractivity contribution in [1.82, 2.24) is 10.3 Å². The summed E-state index contributed by atoms with van der Waals surface area (Å²) in [6.07, 6.45) is 4.02. The van der Waals surface area contributed by atoms with Gasteiger partial charge < -0.3 is 9.73 Å². The summed E-state index contributed by atoms with van der Waals surface area (Å²) in [7, 11) is 1.95. The summed E-state index contributed by atoms with van der Waals surface area (Å²) in [6.45, 7) is 0.952. The zero-order valence-corrected chi connectivity index (χ0v) is 9.27. The van der Waals surface area contributed by atoms with Gasteiger partial charge in [-0.3, -0.25) is 0 Å². The van der Waals surface area contributed by atoms with Crippen LogP contribution in [0.15, 0.2) is 10.6 Å². The van der Waals surface area contributed by atoms with Crippen LogP contribution in [-0.2, 0) is 6.42 Å². The molecule has 0 amide bonds. The molecule has 1 aliphatic heterocycles. The number of nitrogens with zero attached hydrogens (tertiary/aromatic N) is 1. The first kappa shape index (κ1) is 10.1. The van der Waals surface area contributed by atoms with Crippen molar-refractivity contribution in [2.45, 2.75) is 18.8 Å². The van der Waals surface area contributed by atoms with Crippen molar-refractivity contribution in [2.75, 3.05) is 25.1 Å². The highest BCUT2D eigenvalue weighted by Crippen LogP contribution is 2.31. The number of nitrogens with one attached hydrogen (secondary N) is 1. The van der Waals surface area contributed by atoms with Crippen LogP contribution in [0.2, 0.25) is 0 Å². The van der Waals surface area contributed by atoms with Gasteiger partial charge in [0.05, 0.1) is 6.20 Å². The number of likely N-dealkylation sites (N-methyl/N-ethyl adjacent to an activating group) is 1. The lowest BCUT2D eigenvalue weighted by Gasteiger charge is -2.01. The van der Waals surface area contributed by atoms with Crippen LogP contribution in [0.25, 0.3) is 0 Å². The summed E-state index contributed by atoms with van der Waals surface area (Å²) < 4.78 is 5.71. The maximum atomic E-state index is 5.71. The number of hydrogen-bond acceptors (Lipinski definition) is 4. The minimum absolute atomic E-state index is 0.559. The first-order valence-electron chi connectivity index (χ1n) is 5.07. The van der Waals surface area contributed by atoms with Gasteiger partial charge >= 0.3 is 0 Å². The first-order valence-corrected chi connectivity index (χ1v) is 6.22. The van der Waals surface area contributed by atoms with Crippen LogP contribution in [0.1, 0.15) is 24.0 Å². The van der Waals surface area contributed by atoms with Crippen molar-refractivity contribution in [1.29, 1.82) is 0 Å². The molecule has 4 heteroatoms. The van der Waals surface area contributed by atoms with Gasteiger partial charge in [-0.2, -0.15) is 11.8 Å². The summed E-state index contributed by atoms with van der Waals surface area (Å²) in [5, 5.41) is 3.10. The Balaban J connectivity index is 1.94. The molecule has 14 heavy (non-hydrogen) atoms. The van der Waals surface area contributed by atoms with Crippen molar-refractivity contribution in [3.05, 3.63) is 17.8 Å². The molecule has 1 saturated heterocycles. The van der Waals surface area contributed by atoms with Gasteiger partial charge in [-0.15, -0.1) is 0 Å². The Bertz CT molecular complexity index is 281. The van der Waals surface area contributed by atoms with E-state index in [-0.39, 0.29) is 0 Å². The van der Waals surface area contributed by atoms with Crippen LogP contribution in [0, 0.1) is 0 Å². The van der Waals surface area contributed by atoms with E-state index in [9.17, 15) is 0 Å². The first-order chi connectivity index (χ1) is 6.90. The maximum absolute atomic E-state index is 5.71. The molecule has 0 spiro atoms. The second kappa shape index (κ2) is 4.84. The van der Waals surface area contributed by atoms with E-state index in [1.165, 1.54) is 17.9 Å². The topological polar surface area (TPSA) is 38.1 Å². The predicted octanol–water partition coefficient (Wildman–Crippen LogP) is 1.66. The Labute approximate surface area is 88.7 Å². The van der Waals surface area contributed by atoms with Crippen molar-refractivity contribution >= 4 is 11.8 Å². The van der Waals surface area contributed by atoms with Gasteiger partial charge in [0.25, 0.3) is 0 Å². The summed E-state index contributed by atoms with van der Waals surface area (Å²) in [6, 6.07) is 0. The molecule has 1 aliphatic rings. The van der Waals surface area contributed by atoms with Crippen molar-refractivity contribution < 1.29 is 4.42 Å². The Morgan fingerprint density at radius 3 is 3.36 bits per heavy atom. The Morgan fingerprint density at radius 2 is 2.64 bits per heavy atom. The van der Waals surface area contributed by atoms with E-state index >= 15 is 0 Å². The monoisotopic (exact) mass is 212 g/mol. The van der Waals surface area contributed by atoms with E-state index in [0.717, 1.165) is 24.6 Å². The normalized spacial score (nSPS) is 21.6. The van der Waals surface area contributed by atoms with Gasteiger partial charge in [-0.1, -0.05) is 0 Å². The molecule has 0 saturated carbocycles. The molecule has 0 aliphatic carbocycles. The molecular weight excluding hydrogens is 196 g/mol. The summed E-state index contributed by atoms with van der Waals surface area (Å²) in [5.74, 6) is 4.93. The van der Waals surface area contributed by atoms with E-state index in [2.05, 4.69) is 10.3 Å². The van der Waals surface area contributed by atoms with E-state index in [1.807, 2.05) is 25.0 Å². The number of oxazole rings is 1. The summed E-state index contributed by atoms with van der Waals surface area (Å²) >= 11 is 1.99. The SMILES string of the molecule is CNCCc1cnc(C2CCSC2)o1. The maximum Gasteiger partial charge on any atom is 0.198 e. The molecule has 1 aromatic heterocycles. The molecule has 78 valence electrons. The van der Waals surface area contributed by atoms with Gasteiger partial charge in [0, 0.05) is 24.6 Å². The Kier molecular flexibility index (Phi) is 3.48. The standard InChI is InChI=1S/C10H16N2OS/c1-11-4-2-9-6-12-10(13-9)8-3-5-14-7-8/h6,8,11H,2-5,7H2,1H3. The van der Waals surface area contributed by atoms with Gasteiger partial charge in [0.2, 0.25) is 0 Å². The second-order valence-electron chi connectivity index (χ2n) is 3.58. The lowest BCUT2D eigenvalue weighted by molar-refractivity contribution is 0.427. The van der Waals surface area contributed by atoms with Gasteiger partial charge in [0.1, 0.15) is 5.76 Å². The third-order valence-electron chi connectivity index (χ3n) is 2.47. The zero-order chi connectivity index (χ0) is 9.80. The molecule has 1 N–H and O–H groups in total. The summed E-state index contributed by atoms with van der Waals surface area (Å²) in [4.78, 5) is 4.34. The van der Waals surface area contributed by atoms with Gasteiger partial charge in [0.15, 0.2) is 5.89 Å². The fraction of sp³-hybridized carbons (Fsp3) is 0.700. The third-order valence-corrected chi connectivity index (χ3v) is 3.63. The largest absolute Gasteiger partial charge is 0.445 e. The molecule has 2 rings (SSSR count). The molecule has 0 bridgehead atoms. The molecular formula is C10H16N2OS. The van der Waals surface area contributed by atoms with E-state index < -0.39 is 0 Å². The minimum atomic E-state index is 0.559. The van der Waals surface area contributed by atoms with Crippen LogP contribution in [0.4, 0.5) is 0 Å². The van der Waals surface area contributed by atoms with Crippen molar-refractivity contribution in [2.24, 2.45) is 0 Å². The highest BCUT2D eigenvalue weighted by molar-refractivity contribution is 7.99. The van der Waals surface area contributed by atoms with Crippen molar-refractivity contribution in [3.8, 4) is 0 Å². The quantitative estimate of drug-likeness (QED) is 0.823. The van der Waals surface area contributed by atoms with E-state index in [1.54, 1.807) is 0 Å². The molecule has 3 nitrogen and oxygen atoms in total. The van der Waals surface area contributed by atoms with Crippen molar-refractivity contribution in [3.63, 3.8) is 0 Å². The molecule has 0 radical (unpaired) electrons. The summed E-state index contributed by atoms with van der Waals surface area (Å²) in [5.41, 5.74) is 0. The molecule has 2 heterocycles. The Hall–Kier alpha value is -0.480. The highest BCUT2D eigenvalue weighted by atomic mass is 32.2. The number of rotatable bonds is 4. The smallest absolute Gasteiger partial charge is 0.198 e. The Morgan fingerprint density at radius 1 is 1.71 bits per heavy atom. The minimum Gasteiger partial charge on any atom is -0.445 e. The van der Waals surface area contributed by atoms with Gasteiger partial charge in [-0.05, 0) is 19.2 Å². The predicted molar refractivity (Wildman–Crippen MR) is 58.8 cm³/mol. The highest BCUT2D eigenvalue weighted by Gasteiger charge is 2.21. The molecule has 1 fully saturated rings. The molecule has 1 aromatic rings. The average molecular weight is 212 g/mol. The van der Waals surface area contributed by atoms with E-state index in [0.29, 0.717) is 5.92 Å². The van der Waals surface area contributed by atoms with Crippen LogP contribution in [0.5, 0.6) is 0 Å². The third kappa shape index (κ3) is 2.30. The van der Waals surface area contributed by atoms with E-state index in [4.69, 9.17) is 4.42 Å². The second-order valence-corrected chi connectivity index (χ2v) is 4.73. The van der Waals surface area contributed by atoms with Crippen LogP contribution in [0.3, 0.4) is 0 Å². The van der Waals surface area contributed by atoms with Crippen LogP contribution >= 0.6 is 11.8 Å². The number of thioether (sulfide) groups is 1.